The van der Waals surface area contributed by atoms with E-state index in [2.05, 4.69) is 61.1 Å². The van der Waals surface area contributed by atoms with Gasteiger partial charge in [-0.3, -0.25) is 0 Å². The minimum atomic E-state index is 0.476. The second kappa shape index (κ2) is 8.06. The number of hydrogen-bond acceptors (Lipinski definition) is 3. The van der Waals surface area contributed by atoms with Crippen molar-refractivity contribution >= 4 is 11.8 Å². The Morgan fingerprint density at radius 1 is 1.15 bits per heavy atom. The zero-order valence-electron chi connectivity index (χ0n) is 13.1. The molecule has 1 heterocycles. The highest BCUT2D eigenvalue weighted by molar-refractivity contribution is 7.99. The van der Waals surface area contributed by atoms with Crippen LogP contribution in [0.5, 0.6) is 0 Å². The van der Waals surface area contributed by atoms with Crippen LogP contribution >= 0.6 is 11.8 Å². The minimum Gasteiger partial charge on any atom is -0.313 e. The molecular weight excluding hydrogens is 264 g/mol. The lowest BCUT2D eigenvalue weighted by Crippen LogP contribution is -2.30. The van der Waals surface area contributed by atoms with Gasteiger partial charge < -0.3 is 10.2 Å². The molecule has 0 bridgehead atoms. The van der Waals surface area contributed by atoms with E-state index in [1.165, 1.54) is 60.7 Å². The van der Waals surface area contributed by atoms with Crippen LogP contribution in [-0.4, -0.2) is 43.1 Å². The number of rotatable bonds is 5. The van der Waals surface area contributed by atoms with E-state index in [1.807, 2.05) is 0 Å². The highest BCUT2D eigenvalue weighted by Crippen LogP contribution is 2.21. The number of thioether (sulfide) groups is 1. The van der Waals surface area contributed by atoms with E-state index in [0.717, 1.165) is 0 Å². The van der Waals surface area contributed by atoms with Crippen LogP contribution in [0.25, 0.3) is 0 Å². The maximum atomic E-state index is 3.50. The Hall–Kier alpha value is -0.510. The Bertz CT molecular complexity index is 391. The summed E-state index contributed by atoms with van der Waals surface area (Å²) in [6, 6.07) is 7.38. The molecule has 0 spiro atoms. The first-order valence-electron chi connectivity index (χ1n) is 7.74. The van der Waals surface area contributed by atoms with Gasteiger partial charge in [-0.2, -0.15) is 11.8 Å². The molecule has 0 amide bonds. The zero-order chi connectivity index (χ0) is 14.4. The van der Waals surface area contributed by atoms with Crippen LogP contribution in [0.3, 0.4) is 0 Å². The number of nitrogens with one attached hydrogen (secondary N) is 1. The molecule has 3 heteroatoms. The SMILES string of the molecule is CNC(CCN1CCCSCC1)c1cc(C)cc(C)c1. The number of hydrogen-bond donors (Lipinski definition) is 1. The molecule has 0 radical (unpaired) electrons. The van der Waals surface area contributed by atoms with E-state index in [4.69, 9.17) is 0 Å². The third kappa shape index (κ3) is 4.80. The summed E-state index contributed by atoms with van der Waals surface area (Å²) in [6.07, 6.45) is 2.54. The van der Waals surface area contributed by atoms with Gasteiger partial charge in [0, 0.05) is 18.3 Å². The topological polar surface area (TPSA) is 15.3 Å². The summed E-state index contributed by atoms with van der Waals surface area (Å²) in [6.45, 7) is 8.12. The predicted octanol–water partition coefficient (Wildman–Crippen LogP) is 3.39. The van der Waals surface area contributed by atoms with Crippen LogP contribution in [0.2, 0.25) is 0 Å². The van der Waals surface area contributed by atoms with Crippen molar-refractivity contribution in [2.24, 2.45) is 0 Å². The molecule has 2 rings (SSSR count). The van der Waals surface area contributed by atoms with Gasteiger partial charge in [0.15, 0.2) is 0 Å². The first-order valence-corrected chi connectivity index (χ1v) is 8.90. The van der Waals surface area contributed by atoms with Gasteiger partial charge in [-0.15, -0.1) is 0 Å². The summed E-state index contributed by atoms with van der Waals surface area (Å²) < 4.78 is 0. The van der Waals surface area contributed by atoms with Crippen LogP contribution in [0.1, 0.15) is 35.6 Å². The van der Waals surface area contributed by atoms with Crippen molar-refractivity contribution in [2.75, 3.05) is 38.2 Å². The Kier molecular flexibility index (Phi) is 6.40. The van der Waals surface area contributed by atoms with E-state index in [9.17, 15) is 0 Å². The fraction of sp³-hybridized carbons (Fsp3) is 0.647. The quantitative estimate of drug-likeness (QED) is 0.895. The van der Waals surface area contributed by atoms with E-state index in [0.29, 0.717) is 6.04 Å². The van der Waals surface area contributed by atoms with Crippen molar-refractivity contribution in [1.82, 2.24) is 10.2 Å². The fourth-order valence-electron chi connectivity index (χ4n) is 3.02. The third-order valence-corrected chi connectivity index (χ3v) is 5.09. The lowest BCUT2D eigenvalue weighted by Gasteiger charge is -2.24. The summed E-state index contributed by atoms with van der Waals surface area (Å²) in [5, 5.41) is 3.50. The maximum Gasteiger partial charge on any atom is 0.0329 e. The molecule has 0 aliphatic carbocycles. The molecule has 20 heavy (non-hydrogen) atoms. The molecule has 1 N–H and O–H groups in total. The van der Waals surface area contributed by atoms with Gasteiger partial charge in [-0.25, -0.2) is 0 Å². The molecule has 1 aromatic rings. The summed E-state index contributed by atoms with van der Waals surface area (Å²) in [5.41, 5.74) is 4.17. The zero-order valence-corrected chi connectivity index (χ0v) is 13.9. The molecule has 0 aromatic heterocycles. The summed E-state index contributed by atoms with van der Waals surface area (Å²) in [4.78, 5) is 2.63. The summed E-state index contributed by atoms with van der Waals surface area (Å²) >= 11 is 2.10. The smallest absolute Gasteiger partial charge is 0.0329 e. The average molecular weight is 292 g/mol. The number of benzene rings is 1. The molecule has 112 valence electrons. The first kappa shape index (κ1) is 15.9. The van der Waals surface area contributed by atoms with Gasteiger partial charge in [0.25, 0.3) is 0 Å². The third-order valence-electron chi connectivity index (χ3n) is 4.04. The van der Waals surface area contributed by atoms with Gasteiger partial charge in [0.1, 0.15) is 0 Å². The van der Waals surface area contributed by atoms with Crippen LogP contribution in [0, 0.1) is 13.8 Å². The second-order valence-corrected chi connectivity index (χ2v) is 7.08. The molecule has 0 saturated carbocycles. The largest absolute Gasteiger partial charge is 0.313 e. The molecule has 1 aliphatic rings. The van der Waals surface area contributed by atoms with Crippen molar-refractivity contribution in [1.29, 1.82) is 0 Å². The standard InChI is InChI=1S/C17H28N2S/c1-14-11-15(2)13-16(12-14)17(18-3)5-7-19-6-4-9-20-10-8-19/h11-13,17-18H,4-10H2,1-3H3. The van der Waals surface area contributed by atoms with E-state index in [1.54, 1.807) is 0 Å². The van der Waals surface area contributed by atoms with Crippen molar-refractivity contribution in [3.8, 4) is 0 Å². The van der Waals surface area contributed by atoms with E-state index < -0.39 is 0 Å². The van der Waals surface area contributed by atoms with E-state index >= 15 is 0 Å². The van der Waals surface area contributed by atoms with Crippen LogP contribution < -0.4 is 5.32 Å². The summed E-state index contributed by atoms with van der Waals surface area (Å²) in [7, 11) is 2.08. The molecule has 1 fully saturated rings. The first-order chi connectivity index (χ1) is 9.69. The van der Waals surface area contributed by atoms with Crippen LogP contribution in [0.15, 0.2) is 18.2 Å². The Morgan fingerprint density at radius 3 is 2.60 bits per heavy atom. The maximum absolute atomic E-state index is 3.50. The lowest BCUT2D eigenvalue weighted by atomic mass is 9.99. The van der Waals surface area contributed by atoms with Crippen molar-refractivity contribution in [3.63, 3.8) is 0 Å². The number of nitrogens with zero attached hydrogens (tertiary/aromatic N) is 1. The average Bonchev–Trinajstić information content (AvgIpc) is 2.67. The number of aryl methyl sites for hydroxylation is 2. The molecule has 1 aliphatic heterocycles. The molecule has 1 unspecified atom stereocenters. The predicted molar refractivity (Wildman–Crippen MR) is 90.7 cm³/mol. The van der Waals surface area contributed by atoms with Gasteiger partial charge in [-0.1, -0.05) is 29.3 Å². The van der Waals surface area contributed by atoms with Gasteiger partial charge in [-0.05, 0) is 58.1 Å². The van der Waals surface area contributed by atoms with Crippen molar-refractivity contribution < 1.29 is 0 Å². The van der Waals surface area contributed by atoms with Crippen LogP contribution in [0.4, 0.5) is 0 Å². The molecule has 1 atom stereocenters. The highest BCUT2D eigenvalue weighted by Gasteiger charge is 2.14. The molecular formula is C17H28N2S. The molecule has 1 saturated heterocycles. The van der Waals surface area contributed by atoms with Gasteiger partial charge in [0.2, 0.25) is 0 Å². The summed E-state index contributed by atoms with van der Waals surface area (Å²) in [5.74, 6) is 2.64. The van der Waals surface area contributed by atoms with Crippen LogP contribution in [-0.2, 0) is 0 Å². The van der Waals surface area contributed by atoms with Crippen molar-refractivity contribution in [2.45, 2.75) is 32.7 Å². The fourth-order valence-corrected chi connectivity index (χ4v) is 3.95. The van der Waals surface area contributed by atoms with Gasteiger partial charge >= 0.3 is 0 Å². The Balaban J connectivity index is 1.94. The Labute approximate surface area is 128 Å². The van der Waals surface area contributed by atoms with Crippen molar-refractivity contribution in [3.05, 3.63) is 34.9 Å². The normalized spacial score (nSPS) is 18.8. The van der Waals surface area contributed by atoms with E-state index in [-0.39, 0.29) is 0 Å². The highest BCUT2D eigenvalue weighted by atomic mass is 32.2. The monoisotopic (exact) mass is 292 g/mol. The Morgan fingerprint density at radius 2 is 1.90 bits per heavy atom. The molecule has 1 aromatic carbocycles. The molecule has 2 nitrogen and oxygen atoms in total. The second-order valence-electron chi connectivity index (χ2n) is 5.86. The minimum absolute atomic E-state index is 0.476. The lowest BCUT2D eigenvalue weighted by molar-refractivity contribution is 0.277. The van der Waals surface area contributed by atoms with Gasteiger partial charge in [0.05, 0.1) is 0 Å².